The summed E-state index contributed by atoms with van der Waals surface area (Å²) in [4.78, 5) is 2.50. The van der Waals surface area contributed by atoms with Crippen molar-refractivity contribution < 1.29 is 5.11 Å². The highest BCUT2D eigenvalue weighted by Crippen LogP contribution is 2.24. The van der Waals surface area contributed by atoms with E-state index in [9.17, 15) is 5.11 Å². The average Bonchev–Trinajstić information content (AvgIpc) is 2.66. The smallest absolute Gasteiger partial charge is 0.0802 e. The van der Waals surface area contributed by atoms with Crippen LogP contribution in [0.1, 0.15) is 43.9 Å². The molecule has 2 rings (SSSR count). The molecule has 2 nitrogen and oxygen atoms in total. The van der Waals surface area contributed by atoms with E-state index in [2.05, 4.69) is 37.8 Å². The van der Waals surface area contributed by atoms with E-state index >= 15 is 0 Å². The molecular weight excluding hydrogens is 222 g/mol. The maximum absolute atomic E-state index is 10.2. The Kier molecular flexibility index (Phi) is 4.41. The van der Waals surface area contributed by atoms with Gasteiger partial charge in [0.25, 0.3) is 0 Å². The predicted octanol–water partition coefficient (Wildman–Crippen LogP) is 3.15. The summed E-state index contributed by atoms with van der Waals surface area (Å²) in [5.74, 6) is 0.802. The molecule has 1 N–H and O–H groups in total. The number of hydrogen-bond donors (Lipinski definition) is 1. The van der Waals surface area contributed by atoms with Crippen molar-refractivity contribution >= 4 is 0 Å². The van der Waals surface area contributed by atoms with Crippen LogP contribution in [0.15, 0.2) is 24.3 Å². The summed E-state index contributed by atoms with van der Waals surface area (Å²) in [5, 5.41) is 10.2. The van der Waals surface area contributed by atoms with Gasteiger partial charge in [-0.3, -0.25) is 0 Å². The fraction of sp³-hybridized carbons (Fsp3) is 0.625. The highest BCUT2D eigenvalue weighted by molar-refractivity contribution is 5.23. The van der Waals surface area contributed by atoms with Crippen molar-refractivity contribution in [2.24, 2.45) is 5.92 Å². The Balaban J connectivity index is 1.84. The lowest BCUT2D eigenvalue weighted by molar-refractivity contribution is 0.139. The molecule has 2 heteroatoms. The van der Waals surface area contributed by atoms with E-state index in [-0.39, 0.29) is 6.10 Å². The molecule has 3 unspecified atom stereocenters. The topological polar surface area (TPSA) is 23.5 Å². The van der Waals surface area contributed by atoms with Crippen molar-refractivity contribution in [1.82, 2.24) is 4.90 Å². The molecule has 0 spiro atoms. The molecule has 1 aromatic rings. The second-order valence-electron chi connectivity index (χ2n) is 5.90. The first-order valence-electron chi connectivity index (χ1n) is 7.05. The minimum atomic E-state index is -0.325. The molecule has 1 saturated heterocycles. The SMILES string of the molecule is Cc1ccc(C(O)CCN2CC(C)CC2C)cc1. The summed E-state index contributed by atoms with van der Waals surface area (Å²) in [6.45, 7) is 8.86. The third-order valence-electron chi connectivity index (χ3n) is 4.06. The van der Waals surface area contributed by atoms with Crippen LogP contribution < -0.4 is 0 Å². The molecule has 1 aliphatic rings. The lowest BCUT2D eigenvalue weighted by Gasteiger charge is -2.22. The van der Waals surface area contributed by atoms with E-state index in [0.717, 1.165) is 24.4 Å². The van der Waals surface area contributed by atoms with Gasteiger partial charge in [0, 0.05) is 19.1 Å². The van der Waals surface area contributed by atoms with Gasteiger partial charge in [-0.1, -0.05) is 36.8 Å². The molecule has 1 aromatic carbocycles. The molecular formula is C16H25NO. The van der Waals surface area contributed by atoms with Crippen molar-refractivity contribution in [3.63, 3.8) is 0 Å². The van der Waals surface area contributed by atoms with Crippen molar-refractivity contribution in [2.75, 3.05) is 13.1 Å². The van der Waals surface area contributed by atoms with Crippen LogP contribution in [0.3, 0.4) is 0 Å². The minimum absolute atomic E-state index is 0.325. The standard InChI is InChI=1S/C16H25NO/c1-12-4-6-15(7-5-12)16(18)8-9-17-11-13(2)10-14(17)3/h4-7,13-14,16,18H,8-11H2,1-3H3. The van der Waals surface area contributed by atoms with Gasteiger partial charge in [0.1, 0.15) is 0 Å². The fourth-order valence-corrected chi connectivity index (χ4v) is 2.94. The monoisotopic (exact) mass is 247 g/mol. The Morgan fingerprint density at radius 3 is 2.50 bits per heavy atom. The fourth-order valence-electron chi connectivity index (χ4n) is 2.94. The summed E-state index contributed by atoms with van der Waals surface area (Å²) in [6.07, 6.45) is 1.80. The van der Waals surface area contributed by atoms with Crippen molar-refractivity contribution in [3.8, 4) is 0 Å². The minimum Gasteiger partial charge on any atom is -0.388 e. The van der Waals surface area contributed by atoms with Crippen LogP contribution in [0, 0.1) is 12.8 Å². The summed E-state index contributed by atoms with van der Waals surface area (Å²) in [5.41, 5.74) is 2.29. The van der Waals surface area contributed by atoms with Gasteiger partial charge in [-0.15, -0.1) is 0 Å². The predicted molar refractivity (Wildman–Crippen MR) is 75.6 cm³/mol. The molecule has 0 aliphatic carbocycles. The molecule has 1 aliphatic heterocycles. The second-order valence-corrected chi connectivity index (χ2v) is 5.90. The maximum atomic E-state index is 10.2. The van der Waals surface area contributed by atoms with Gasteiger partial charge in [-0.25, -0.2) is 0 Å². The molecule has 0 aromatic heterocycles. The van der Waals surface area contributed by atoms with Crippen LogP contribution in [0.25, 0.3) is 0 Å². The van der Waals surface area contributed by atoms with Gasteiger partial charge < -0.3 is 10.0 Å². The van der Waals surface area contributed by atoms with Crippen LogP contribution in [0.2, 0.25) is 0 Å². The lowest BCUT2D eigenvalue weighted by atomic mass is 10.0. The van der Waals surface area contributed by atoms with Crippen LogP contribution in [0.4, 0.5) is 0 Å². The lowest BCUT2D eigenvalue weighted by Crippen LogP contribution is -2.29. The Labute approximate surface area is 111 Å². The first-order chi connectivity index (χ1) is 8.56. The number of rotatable bonds is 4. The van der Waals surface area contributed by atoms with Gasteiger partial charge in [0.2, 0.25) is 0 Å². The van der Waals surface area contributed by atoms with Crippen LogP contribution in [0.5, 0.6) is 0 Å². The summed E-state index contributed by atoms with van der Waals surface area (Å²) in [7, 11) is 0. The van der Waals surface area contributed by atoms with E-state index in [1.165, 1.54) is 18.5 Å². The third kappa shape index (κ3) is 3.33. The van der Waals surface area contributed by atoms with E-state index in [1.807, 2.05) is 12.1 Å². The van der Waals surface area contributed by atoms with Gasteiger partial charge in [-0.05, 0) is 38.2 Å². The second kappa shape index (κ2) is 5.85. The Morgan fingerprint density at radius 2 is 1.94 bits per heavy atom. The van der Waals surface area contributed by atoms with Crippen LogP contribution in [-0.2, 0) is 0 Å². The largest absolute Gasteiger partial charge is 0.388 e. The molecule has 3 atom stereocenters. The maximum Gasteiger partial charge on any atom is 0.0802 e. The van der Waals surface area contributed by atoms with Gasteiger partial charge in [-0.2, -0.15) is 0 Å². The zero-order valence-corrected chi connectivity index (χ0v) is 11.8. The molecule has 1 heterocycles. The number of aliphatic hydroxyl groups is 1. The number of aliphatic hydroxyl groups excluding tert-OH is 1. The van der Waals surface area contributed by atoms with E-state index in [1.54, 1.807) is 0 Å². The molecule has 0 amide bonds. The van der Waals surface area contributed by atoms with Crippen LogP contribution in [-0.4, -0.2) is 29.1 Å². The molecule has 0 bridgehead atoms. The van der Waals surface area contributed by atoms with E-state index < -0.39 is 0 Å². The Bertz CT molecular complexity index is 373. The molecule has 1 fully saturated rings. The molecule has 18 heavy (non-hydrogen) atoms. The van der Waals surface area contributed by atoms with Gasteiger partial charge >= 0.3 is 0 Å². The zero-order valence-electron chi connectivity index (χ0n) is 11.8. The quantitative estimate of drug-likeness (QED) is 0.883. The number of benzene rings is 1. The Hall–Kier alpha value is -0.860. The average molecular weight is 247 g/mol. The summed E-state index contributed by atoms with van der Waals surface area (Å²) >= 11 is 0. The Morgan fingerprint density at radius 1 is 1.28 bits per heavy atom. The third-order valence-corrected chi connectivity index (χ3v) is 4.06. The first-order valence-corrected chi connectivity index (χ1v) is 7.05. The van der Waals surface area contributed by atoms with Crippen molar-refractivity contribution in [3.05, 3.63) is 35.4 Å². The number of hydrogen-bond acceptors (Lipinski definition) is 2. The van der Waals surface area contributed by atoms with Gasteiger partial charge in [0.05, 0.1) is 6.10 Å². The number of likely N-dealkylation sites (tertiary alicyclic amines) is 1. The zero-order chi connectivity index (χ0) is 13.1. The van der Waals surface area contributed by atoms with Crippen molar-refractivity contribution in [1.29, 1.82) is 0 Å². The normalized spacial score (nSPS) is 26.4. The van der Waals surface area contributed by atoms with Crippen LogP contribution >= 0.6 is 0 Å². The summed E-state index contributed by atoms with van der Waals surface area (Å²) < 4.78 is 0. The number of nitrogens with zero attached hydrogens (tertiary/aromatic N) is 1. The van der Waals surface area contributed by atoms with E-state index in [4.69, 9.17) is 0 Å². The number of aryl methyl sites for hydroxylation is 1. The molecule has 0 radical (unpaired) electrons. The highest BCUT2D eigenvalue weighted by Gasteiger charge is 2.26. The van der Waals surface area contributed by atoms with Gasteiger partial charge in [0.15, 0.2) is 0 Å². The van der Waals surface area contributed by atoms with E-state index in [0.29, 0.717) is 6.04 Å². The summed E-state index contributed by atoms with van der Waals surface area (Å²) in [6, 6.07) is 8.88. The highest BCUT2D eigenvalue weighted by atomic mass is 16.3. The molecule has 0 saturated carbocycles. The molecule has 100 valence electrons. The first kappa shape index (κ1) is 13.6. The van der Waals surface area contributed by atoms with Crippen molar-refractivity contribution in [2.45, 2.75) is 45.8 Å².